The topological polar surface area (TPSA) is 38.8 Å². The van der Waals surface area contributed by atoms with E-state index in [9.17, 15) is 4.79 Å². The normalized spacial score (nSPS) is 15.5. The van der Waals surface area contributed by atoms with E-state index in [4.69, 9.17) is 21.7 Å². The van der Waals surface area contributed by atoms with Crippen LogP contribution in [-0.2, 0) is 4.79 Å². The minimum Gasteiger partial charge on any atom is -0.489 e. The number of nitrogens with zero attached hydrogens (tertiary/aromatic N) is 1. The van der Waals surface area contributed by atoms with Crippen LogP contribution in [0.2, 0.25) is 0 Å². The molecule has 0 bridgehead atoms. The van der Waals surface area contributed by atoms with Crippen LogP contribution in [0.4, 0.5) is 0 Å². The van der Waals surface area contributed by atoms with Gasteiger partial charge < -0.3 is 9.47 Å². The molecule has 0 saturated carbocycles. The maximum atomic E-state index is 12.2. The van der Waals surface area contributed by atoms with Crippen LogP contribution >= 0.6 is 24.0 Å². The number of carbonyl (C=O) groups excluding carboxylic acids is 1. The lowest BCUT2D eigenvalue weighted by Crippen LogP contribution is -2.22. The number of ether oxygens (including phenoxy) is 2. The number of likely N-dealkylation sites (N-methyl/N-ethyl adjacent to an activating group) is 1. The van der Waals surface area contributed by atoms with Gasteiger partial charge in [0.25, 0.3) is 5.91 Å². The molecule has 1 amide bonds. The molecule has 0 aromatic heterocycles. The van der Waals surface area contributed by atoms with Crippen LogP contribution in [0.15, 0.2) is 47.4 Å². The van der Waals surface area contributed by atoms with Gasteiger partial charge in [-0.3, -0.25) is 9.69 Å². The lowest BCUT2D eigenvalue weighted by atomic mass is 10.1. The number of carbonyl (C=O) groups is 1. The molecule has 6 heteroatoms. The molecule has 3 rings (SSSR count). The van der Waals surface area contributed by atoms with Crippen LogP contribution in [0.1, 0.15) is 16.7 Å². The Bertz CT molecular complexity index is 888. The zero-order valence-electron chi connectivity index (χ0n) is 15.5. The van der Waals surface area contributed by atoms with Gasteiger partial charge in [0.15, 0.2) is 0 Å². The fraction of sp³-hybridized carbons (Fsp3) is 0.238. The van der Waals surface area contributed by atoms with Crippen LogP contribution < -0.4 is 9.47 Å². The number of amides is 1. The molecule has 2 aromatic rings. The highest BCUT2D eigenvalue weighted by atomic mass is 32.2. The Morgan fingerprint density at radius 3 is 2.37 bits per heavy atom. The lowest BCUT2D eigenvalue weighted by molar-refractivity contribution is -0.121. The summed E-state index contributed by atoms with van der Waals surface area (Å²) in [6.45, 7) is 4.91. The number of thiocarbonyl (C=S) groups is 1. The second kappa shape index (κ2) is 8.59. The number of hydrogen-bond donors (Lipinski definition) is 0. The number of para-hydroxylation sites is 2. The fourth-order valence-electron chi connectivity index (χ4n) is 2.74. The summed E-state index contributed by atoms with van der Waals surface area (Å²) in [5, 5.41) is 0. The maximum absolute atomic E-state index is 12.2. The molecule has 1 aliphatic heterocycles. The van der Waals surface area contributed by atoms with Gasteiger partial charge in [-0.2, -0.15) is 0 Å². The van der Waals surface area contributed by atoms with Crippen molar-refractivity contribution in [3.8, 4) is 11.5 Å². The molecule has 0 unspecified atom stereocenters. The van der Waals surface area contributed by atoms with Crippen LogP contribution in [0.25, 0.3) is 6.08 Å². The summed E-state index contributed by atoms with van der Waals surface area (Å²) in [7, 11) is 1.69. The van der Waals surface area contributed by atoms with Gasteiger partial charge in [-0.15, -0.1) is 0 Å². The van der Waals surface area contributed by atoms with Crippen molar-refractivity contribution in [2.24, 2.45) is 0 Å². The van der Waals surface area contributed by atoms with Gasteiger partial charge in [-0.25, -0.2) is 0 Å². The van der Waals surface area contributed by atoms with Crippen molar-refractivity contribution in [2.45, 2.75) is 13.8 Å². The highest BCUT2D eigenvalue weighted by molar-refractivity contribution is 8.26. The summed E-state index contributed by atoms with van der Waals surface area (Å²) < 4.78 is 12.3. The first kappa shape index (κ1) is 19.5. The predicted octanol–water partition coefficient (Wildman–Crippen LogP) is 4.59. The number of hydrogen-bond acceptors (Lipinski definition) is 5. The van der Waals surface area contributed by atoms with Crippen molar-refractivity contribution in [3.05, 3.63) is 64.1 Å². The van der Waals surface area contributed by atoms with E-state index in [1.807, 2.05) is 62.4 Å². The number of thioether (sulfide) groups is 1. The molecule has 0 radical (unpaired) electrons. The Balaban J connectivity index is 1.65. The first-order chi connectivity index (χ1) is 13.0. The molecule has 140 valence electrons. The SMILES string of the molecule is Cc1cccc(C)c1OCCOc1ccccc1/C=C1/SC(=S)N(C)C1=O. The molecule has 1 aliphatic rings. The van der Waals surface area contributed by atoms with Crippen molar-refractivity contribution in [1.29, 1.82) is 0 Å². The largest absolute Gasteiger partial charge is 0.489 e. The van der Waals surface area contributed by atoms with Crippen LogP contribution in [-0.4, -0.2) is 35.4 Å². The summed E-state index contributed by atoms with van der Waals surface area (Å²) in [6, 6.07) is 13.7. The molecule has 1 saturated heterocycles. The molecule has 0 N–H and O–H groups in total. The number of rotatable bonds is 6. The van der Waals surface area contributed by atoms with Gasteiger partial charge in [0, 0.05) is 12.6 Å². The van der Waals surface area contributed by atoms with Gasteiger partial charge in [0.05, 0.1) is 4.91 Å². The molecule has 0 aliphatic carbocycles. The van der Waals surface area contributed by atoms with Crippen molar-refractivity contribution in [2.75, 3.05) is 20.3 Å². The van der Waals surface area contributed by atoms with Crippen molar-refractivity contribution >= 4 is 40.3 Å². The molecule has 1 fully saturated rings. The number of benzene rings is 2. The second-order valence-corrected chi connectivity index (χ2v) is 7.87. The van der Waals surface area contributed by atoms with E-state index < -0.39 is 0 Å². The monoisotopic (exact) mass is 399 g/mol. The van der Waals surface area contributed by atoms with Gasteiger partial charge >= 0.3 is 0 Å². The van der Waals surface area contributed by atoms with Crippen LogP contribution in [0.3, 0.4) is 0 Å². The fourth-order valence-corrected chi connectivity index (χ4v) is 3.91. The quantitative estimate of drug-likeness (QED) is 0.403. The van der Waals surface area contributed by atoms with Gasteiger partial charge in [-0.05, 0) is 37.1 Å². The lowest BCUT2D eigenvalue weighted by Gasteiger charge is -2.13. The van der Waals surface area contributed by atoms with E-state index in [0.717, 1.165) is 22.4 Å². The average molecular weight is 400 g/mol. The Morgan fingerprint density at radius 2 is 1.70 bits per heavy atom. The first-order valence-corrected chi connectivity index (χ1v) is 9.82. The highest BCUT2D eigenvalue weighted by Crippen LogP contribution is 2.33. The number of aryl methyl sites for hydroxylation is 2. The van der Waals surface area contributed by atoms with E-state index in [1.54, 1.807) is 7.05 Å². The van der Waals surface area contributed by atoms with E-state index in [1.165, 1.54) is 16.7 Å². The van der Waals surface area contributed by atoms with Crippen molar-refractivity contribution in [1.82, 2.24) is 4.90 Å². The van der Waals surface area contributed by atoms with Crippen LogP contribution in [0, 0.1) is 13.8 Å². The summed E-state index contributed by atoms with van der Waals surface area (Å²) in [5.41, 5.74) is 3.06. The molecule has 0 atom stereocenters. The minimum absolute atomic E-state index is 0.0850. The predicted molar refractivity (Wildman–Crippen MR) is 114 cm³/mol. The van der Waals surface area contributed by atoms with Crippen molar-refractivity contribution in [3.63, 3.8) is 0 Å². The van der Waals surface area contributed by atoms with Gasteiger partial charge in [0.2, 0.25) is 0 Å². The Labute approximate surface area is 169 Å². The Kier molecular flexibility index (Phi) is 6.19. The summed E-state index contributed by atoms with van der Waals surface area (Å²) in [4.78, 5) is 14.3. The smallest absolute Gasteiger partial charge is 0.265 e. The Morgan fingerprint density at radius 1 is 1.04 bits per heavy atom. The van der Waals surface area contributed by atoms with E-state index in [0.29, 0.717) is 28.2 Å². The molecule has 4 nitrogen and oxygen atoms in total. The molecular formula is C21H21NO3S2. The third-order valence-electron chi connectivity index (χ3n) is 4.19. The van der Waals surface area contributed by atoms with Crippen molar-refractivity contribution < 1.29 is 14.3 Å². The Hall–Kier alpha value is -2.31. The average Bonchev–Trinajstić information content (AvgIpc) is 2.89. The third kappa shape index (κ3) is 4.51. The molecule has 1 heterocycles. The zero-order chi connectivity index (χ0) is 19.4. The summed E-state index contributed by atoms with van der Waals surface area (Å²) in [5.74, 6) is 1.53. The van der Waals surface area contributed by atoms with Gasteiger partial charge in [0.1, 0.15) is 29.0 Å². The molecule has 2 aromatic carbocycles. The molecule has 27 heavy (non-hydrogen) atoms. The second-order valence-electron chi connectivity index (χ2n) is 6.20. The standard InChI is InChI=1S/C21H21NO3S2/c1-14-7-6-8-15(2)19(14)25-12-11-24-17-10-5-4-9-16(17)13-18-20(23)22(3)21(26)27-18/h4-10,13H,11-12H2,1-3H3/b18-13+. The van der Waals surface area contributed by atoms with Crippen LogP contribution in [0.5, 0.6) is 11.5 Å². The van der Waals surface area contributed by atoms with E-state index in [-0.39, 0.29) is 5.91 Å². The molecular weight excluding hydrogens is 378 g/mol. The first-order valence-electron chi connectivity index (χ1n) is 8.60. The summed E-state index contributed by atoms with van der Waals surface area (Å²) in [6.07, 6.45) is 1.82. The summed E-state index contributed by atoms with van der Waals surface area (Å²) >= 11 is 6.48. The maximum Gasteiger partial charge on any atom is 0.265 e. The van der Waals surface area contributed by atoms with E-state index in [2.05, 4.69) is 0 Å². The van der Waals surface area contributed by atoms with Gasteiger partial charge in [-0.1, -0.05) is 60.4 Å². The van der Waals surface area contributed by atoms with E-state index >= 15 is 0 Å². The third-order valence-corrected chi connectivity index (χ3v) is 5.67. The minimum atomic E-state index is -0.0850. The highest BCUT2D eigenvalue weighted by Gasteiger charge is 2.28. The zero-order valence-corrected chi connectivity index (χ0v) is 17.2. The molecule has 0 spiro atoms.